The molecule has 8 heterocycles. The van der Waals surface area contributed by atoms with Crippen LogP contribution in [0.25, 0.3) is 75.4 Å². The SMILES string of the molecule is C=CCOc1cccc2c(Cl)nccc12.C=CCc1ccc2c(Cl)nccc2c1O.COc1cccc2c(=O)[nH]ccc12.COc1cccc2c(Cl)nccc12.Clc1nccc2c3c(ccc12)CCCO3.OCCCc1ccc2c(Cl)nccc2c1O.Oc1cccc2c(Cl)nccc12. The number of rotatable bonds is 10. The van der Waals surface area contributed by atoms with Gasteiger partial charge < -0.3 is 44.4 Å². The van der Waals surface area contributed by atoms with Crippen molar-refractivity contribution in [2.75, 3.05) is 34.0 Å². The van der Waals surface area contributed by atoms with Crippen molar-refractivity contribution in [1.29, 1.82) is 0 Å². The number of nitrogens with one attached hydrogen (secondary N) is 1. The van der Waals surface area contributed by atoms with Gasteiger partial charge >= 0.3 is 0 Å². The van der Waals surface area contributed by atoms with Crippen LogP contribution >= 0.6 is 69.6 Å². The summed E-state index contributed by atoms with van der Waals surface area (Å²) < 4.78 is 21.5. The third-order valence-corrected chi connectivity index (χ3v) is 17.2. The molecule has 99 heavy (non-hydrogen) atoms. The number of phenolic OH excluding ortho intramolecular Hbond substituents is 3. The molecule has 7 aromatic carbocycles. The Kier molecular flexibility index (Phi) is 26.6. The summed E-state index contributed by atoms with van der Waals surface area (Å²) in [5.74, 6) is 4.06. The Labute approximate surface area is 599 Å². The van der Waals surface area contributed by atoms with Crippen LogP contribution in [-0.4, -0.2) is 89.4 Å². The first-order chi connectivity index (χ1) is 48.1. The van der Waals surface area contributed by atoms with Crippen molar-refractivity contribution in [3.8, 4) is 40.2 Å². The number of hydrogen-bond donors (Lipinski definition) is 5. The highest BCUT2D eigenvalue weighted by Crippen LogP contribution is 2.38. The number of aromatic amines is 1. The quantitative estimate of drug-likeness (QED) is 0.0634. The molecule has 0 bridgehead atoms. The number of benzene rings is 7. The lowest BCUT2D eigenvalue weighted by Crippen LogP contribution is -2.08. The number of fused-ring (bicyclic) bond motifs is 9. The van der Waals surface area contributed by atoms with Gasteiger partial charge in [-0.15, -0.1) is 6.58 Å². The number of hydrogen-bond acceptors (Lipinski definition) is 15. The largest absolute Gasteiger partial charge is 0.507 e. The maximum Gasteiger partial charge on any atom is 0.255 e. The van der Waals surface area contributed by atoms with Crippen LogP contribution in [0, 0.1) is 0 Å². The molecular formula is C77H65Cl6N7O9. The van der Waals surface area contributed by atoms with Crippen LogP contribution in [0.5, 0.6) is 40.2 Å². The number of aromatic hydroxyl groups is 3. The summed E-state index contributed by atoms with van der Waals surface area (Å²) >= 11 is 35.6. The smallest absolute Gasteiger partial charge is 0.255 e. The zero-order valence-electron chi connectivity index (χ0n) is 53.5. The Balaban J connectivity index is 0.000000135. The van der Waals surface area contributed by atoms with E-state index in [1.807, 2.05) is 103 Å². The summed E-state index contributed by atoms with van der Waals surface area (Å²) in [6, 6.07) is 46.3. The minimum Gasteiger partial charge on any atom is -0.507 e. The number of H-pyrrole nitrogens is 1. The zero-order chi connectivity index (χ0) is 70.4. The Bertz CT molecular complexity index is 5180. The molecule has 14 aromatic rings. The fourth-order valence-corrected chi connectivity index (χ4v) is 11.9. The summed E-state index contributed by atoms with van der Waals surface area (Å²) in [6.45, 7) is 8.66. The number of phenols is 3. The average molecular weight is 1450 g/mol. The number of pyridine rings is 7. The summed E-state index contributed by atoms with van der Waals surface area (Å²) in [5, 5.41) is 52.7. The molecule has 15 rings (SSSR count). The van der Waals surface area contributed by atoms with Gasteiger partial charge in [-0.05, 0) is 122 Å². The molecule has 0 saturated heterocycles. The van der Waals surface area contributed by atoms with Gasteiger partial charge in [0.05, 0.1) is 26.2 Å². The molecule has 7 aromatic heterocycles. The molecule has 0 aliphatic carbocycles. The minimum absolute atomic E-state index is 0.0867. The number of methoxy groups -OCH3 is 2. The molecule has 1 aliphatic heterocycles. The van der Waals surface area contributed by atoms with Crippen molar-refractivity contribution in [1.82, 2.24) is 34.9 Å². The zero-order valence-corrected chi connectivity index (χ0v) is 58.0. The van der Waals surface area contributed by atoms with E-state index >= 15 is 0 Å². The van der Waals surface area contributed by atoms with Gasteiger partial charge in [0.1, 0.15) is 77.8 Å². The summed E-state index contributed by atoms with van der Waals surface area (Å²) in [5.41, 5.74) is 2.86. The van der Waals surface area contributed by atoms with Crippen molar-refractivity contribution >= 4 is 145 Å². The molecule has 22 heteroatoms. The Morgan fingerprint density at radius 1 is 0.475 bits per heavy atom. The minimum atomic E-state index is -0.0867. The van der Waals surface area contributed by atoms with E-state index in [4.69, 9.17) is 93.7 Å². The van der Waals surface area contributed by atoms with Crippen molar-refractivity contribution in [3.05, 3.63) is 278 Å². The van der Waals surface area contributed by atoms with Crippen molar-refractivity contribution in [2.24, 2.45) is 0 Å². The summed E-state index contributed by atoms with van der Waals surface area (Å²) in [7, 11) is 3.24. The highest BCUT2D eigenvalue weighted by atomic mass is 35.5. The maximum atomic E-state index is 11.3. The first kappa shape index (κ1) is 73.2. The number of nitrogens with zero attached hydrogens (tertiary/aromatic N) is 6. The topological polar surface area (TPSA) is 228 Å². The second kappa shape index (κ2) is 36.0. The molecule has 0 atom stereocenters. The molecular weight excluding hydrogens is 1380 g/mol. The van der Waals surface area contributed by atoms with Crippen LogP contribution < -0.4 is 24.5 Å². The maximum absolute atomic E-state index is 11.3. The number of allylic oxidation sites excluding steroid dienone is 1. The average Bonchev–Trinajstić information content (AvgIpc) is 0.807. The normalized spacial score (nSPS) is 11.1. The third kappa shape index (κ3) is 18.2. The Hall–Kier alpha value is -10.0. The monoisotopic (exact) mass is 1440 g/mol. The predicted octanol–water partition coefficient (Wildman–Crippen LogP) is 19.5. The van der Waals surface area contributed by atoms with Crippen LogP contribution in [0.15, 0.2) is 225 Å². The number of aromatic nitrogens is 7. The fourth-order valence-electron chi connectivity index (χ4n) is 10.6. The second-order valence-electron chi connectivity index (χ2n) is 21.5. The van der Waals surface area contributed by atoms with E-state index in [0.29, 0.717) is 67.6 Å². The Morgan fingerprint density at radius 2 is 0.899 bits per heavy atom. The number of halogens is 6. The number of aliphatic hydroxyl groups is 1. The molecule has 504 valence electrons. The van der Waals surface area contributed by atoms with Gasteiger partial charge in [0.25, 0.3) is 5.56 Å². The van der Waals surface area contributed by atoms with Crippen LogP contribution in [0.1, 0.15) is 29.5 Å². The highest BCUT2D eigenvalue weighted by Gasteiger charge is 2.16. The lowest BCUT2D eigenvalue weighted by molar-refractivity contribution is 0.288. The molecule has 16 nitrogen and oxygen atoms in total. The van der Waals surface area contributed by atoms with Gasteiger partial charge in [0.2, 0.25) is 0 Å². The molecule has 0 radical (unpaired) electrons. The van der Waals surface area contributed by atoms with E-state index in [0.717, 1.165) is 118 Å². The van der Waals surface area contributed by atoms with Crippen molar-refractivity contribution in [3.63, 3.8) is 0 Å². The van der Waals surface area contributed by atoms with E-state index in [-0.39, 0.29) is 29.4 Å². The van der Waals surface area contributed by atoms with Gasteiger partial charge in [-0.1, -0.05) is 167 Å². The van der Waals surface area contributed by atoms with Gasteiger partial charge in [-0.2, -0.15) is 0 Å². The second-order valence-corrected chi connectivity index (χ2v) is 23.6. The number of aryl methyl sites for hydroxylation is 2. The molecule has 1 aliphatic rings. The van der Waals surface area contributed by atoms with E-state index in [9.17, 15) is 20.1 Å². The van der Waals surface area contributed by atoms with Gasteiger partial charge in [-0.3, -0.25) is 4.79 Å². The highest BCUT2D eigenvalue weighted by molar-refractivity contribution is 6.36. The molecule has 0 spiro atoms. The van der Waals surface area contributed by atoms with Crippen molar-refractivity contribution in [2.45, 2.75) is 32.1 Å². The van der Waals surface area contributed by atoms with E-state index < -0.39 is 0 Å². The lowest BCUT2D eigenvalue weighted by atomic mass is 10.0. The van der Waals surface area contributed by atoms with Crippen LogP contribution in [-0.2, 0) is 19.3 Å². The standard InChI is InChI=1S/C12H12ClNO2.3C12H10ClNO.C10H8ClNO.C10H9NO2.C9H6ClNO/c13-12-10-4-3-8(2-1-7-15)11(16)9(10)5-6-14-12;13-12-10-4-3-8-2-1-7-15-11(8)9(10)5-6-14-12;1-2-8-15-11-5-3-4-10-9(11)6-7-14-12(10)13;1-2-3-8-4-5-10-9(11(8)15)6-7-14-12(10)13;1-13-9-4-2-3-8-7(9)5-6-12-10(8)11;1-13-9-4-2-3-8-7(9)5-6-11-10(8)12;10-9-7-2-1-3-8(12)6(7)4-5-11-9/h3-6,15-16H,1-2,7H2;3-6H,1-2,7H2;2-7H,1,8H2;2,4-7,15H,1,3H2;2-6H,1H3;2-6H,1H3,(H,11,12);1-5,12H. The van der Waals surface area contributed by atoms with E-state index in [1.54, 1.807) is 112 Å². The summed E-state index contributed by atoms with van der Waals surface area (Å²) in [6.07, 6.45) is 19.0. The third-order valence-electron chi connectivity index (χ3n) is 15.4. The lowest BCUT2D eigenvalue weighted by Gasteiger charge is -2.19. The molecule has 0 amide bonds. The van der Waals surface area contributed by atoms with Crippen molar-refractivity contribution < 1.29 is 39.4 Å². The van der Waals surface area contributed by atoms with E-state index in [1.165, 1.54) is 5.56 Å². The number of ether oxygens (including phenoxy) is 4. The van der Waals surface area contributed by atoms with Gasteiger partial charge in [0.15, 0.2) is 0 Å². The fraction of sp³-hybridized carbons (Fsp3) is 0.130. The molecule has 5 N–H and O–H groups in total. The first-order valence-corrected chi connectivity index (χ1v) is 33.0. The van der Waals surface area contributed by atoms with Crippen LogP contribution in [0.4, 0.5) is 0 Å². The van der Waals surface area contributed by atoms with Crippen LogP contribution in [0.3, 0.4) is 0 Å². The molecule has 0 unspecified atom stereocenters. The number of aliphatic hydroxyl groups excluding tert-OH is 1. The molecule has 0 fully saturated rings. The van der Waals surface area contributed by atoms with E-state index in [2.05, 4.69) is 54.1 Å². The van der Waals surface area contributed by atoms with Crippen LogP contribution in [0.2, 0.25) is 30.9 Å². The molecule has 0 saturated carbocycles. The van der Waals surface area contributed by atoms with Gasteiger partial charge in [0, 0.05) is 120 Å². The predicted molar refractivity (Wildman–Crippen MR) is 402 cm³/mol. The first-order valence-electron chi connectivity index (χ1n) is 30.7. The Morgan fingerprint density at radius 3 is 1.41 bits per heavy atom. The van der Waals surface area contributed by atoms with Gasteiger partial charge in [-0.25, -0.2) is 29.9 Å². The summed E-state index contributed by atoms with van der Waals surface area (Å²) in [4.78, 5) is 37.8.